The zero-order chi connectivity index (χ0) is 19.8. The van der Waals surface area contributed by atoms with Crippen LogP contribution in [0.15, 0.2) is 36.4 Å². The summed E-state index contributed by atoms with van der Waals surface area (Å²) in [7, 11) is 4.42. The van der Waals surface area contributed by atoms with E-state index in [0.29, 0.717) is 40.7 Å². The Balaban J connectivity index is 1.92. The minimum absolute atomic E-state index is 0.294. The van der Waals surface area contributed by atoms with E-state index < -0.39 is 12.0 Å². The van der Waals surface area contributed by atoms with Crippen molar-refractivity contribution in [1.82, 2.24) is 5.32 Å². The number of benzene rings is 2. The highest BCUT2D eigenvalue weighted by Crippen LogP contribution is 2.27. The first kappa shape index (κ1) is 20.4. The topological polar surface area (TPSA) is 85.9 Å². The molecule has 0 heterocycles. The normalized spacial score (nSPS) is 10.1. The molecule has 2 rings (SSSR count). The van der Waals surface area contributed by atoms with Crippen LogP contribution in [-0.2, 0) is 11.2 Å². The maximum atomic E-state index is 12.1. The quantitative estimate of drug-likeness (QED) is 0.704. The highest BCUT2D eigenvalue weighted by Gasteiger charge is 2.11. The van der Waals surface area contributed by atoms with Gasteiger partial charge in [0.05, 0.1) is 37.6 Å². The monoisotopic (exact) mass is 392 g/mol. The van der Waals surface area contributed by atoms with E-state index in [0.717, 1.165) is 5.56 Å². The Morgan fingerprint density at radius 1 is 1.00 bits per heavy atom. The summed E-state index contributed by atoms with van der Waals surface area (Å²) in [6.07, 6.45) is 0.601. The Labute approximate surface area is 162 Å². The minimum atomic E-state index is -0.511. The second kappa shape index (κ2) is 9.68. The fourth-order valence-electron chi connectivity index (χ4n) is 2.39. The summed E-state index contributed by atoms with van der Waals surface area (Å²) in [6.45, 7) is 0.398. The molecule has 0 spiro atoms. The second-order valence-corrected chi connectivity index (χ2v) is 5.91. The van der Waals surface area contributed by atoms with Gasteiger partial charge < -0.3 is 24.8 Å². The van der Waals surface area contributed by atoms with Gasteiger partial charge in [0.1, 0.15) is 0 Å². The predicted octanol–water partition coefficient (Wildman–Crippen LogP) is 3.51. The smallest absolute Gasteiger partial charge is 0.337 e. The number of methoxy groups -OCH3 is 3. The summed E-state index contributed by atoms with van der Waals surface area (Å²) in [5, 5.41) is 5.68. The number of hydrogen-bond donors (Lipinski definition) is 2. The van der Waals surface area contributed by atoms with Crippen LogP contribution in [0.3, 0.4) is 0 Å². The van der Waals surface area contributed by atoms with Crippen LogP contribution in [0.1, 0.15) is 15.9 Å². The first-order chi connectivity index (χ1) is 13.0. The fraction of sp³-hybridized carbons (Fsp3) is 0.263. The Kier molecular flexibility index (Phi) is 7.31. The van der Waals surface area contributed by atoms with Crippen LogP contribution < -0.4 is 20.1 Å². The van der Waals surface area contributed by atoms with Gasteiger partial charge in [-0.15, -0.1) is 0 Å². The second-order valence-electron chi connectivity index (χ2n) is 5.51. The van der Waals surface area contributed by atoms with Crippen LogP contribution in [-0.4, -0.2) is 39.9 Å². The van der Waals surface area contributed by atoms with Gasteiger partial charge in [0.15, 0.2) is 11.5 Å². The lowest BCUT2D eigenvalue weighted by Gasteiger charge is -2.11. The van der Waals surface area contributed by atoms with E-state index in [1.54, 1.807) is 14.2 Å². The third-order valence-corrected chi connectivity index (χ3v) is 4.11. The molecule has 2 aromatic carbocycles. The van der Waals surface area contributed by atoms with Crippen molar-refractivity contribution in [1.29, 1.82) is 0 Å². The molecule has 144 valence electrons. The number of rotatable bonds is 7. The molecule has 8 heteroatoms. The van der Waals surface area contributed by atoms with E-state index in [4.69, 9.17) is 21.1 Å². The van der Waals surface area contributed by atoms with E-state index >= 15 is 0 Å². The summed E-state index contributed by atoms with van der Waals surface area (Å²) in [4.78, 5) is 23.7. The molecule has 0 unspecified atom stereocenters. The third kappa shape index (κ3) is 5.52. The molecular weight excluding hydrogens is 372 g/mol. The van der Waals surface area contributed by atoms with Crippen LogP contribution in [0.2, 0.25) is 5.02 Å². The number of urea groups is 1. The molecule has 0 fully saturated rings. The van der Waals surface area contributed by atoms with Crippen molar-refractivity contribution in [2.24, 2.45) is 0 Å². The first-order valence-electron chi connectivity index (χ1n) is 8.12. The van der Waals surface area contributed by atoms with E-state index in [1.165, 1.54) is 25.3 Å². The van der Waals surface area contributed by atoms with Crippen molar-refractivity contribution in [3.05, 3.63) is 52.5 Å². The lowest BCUT2D eigenvalue weighted by molar-refractivity contribution is 0.0600. The molecular formula is C19H21ClN2O5. The van der Waals surface area contributed by atoms with Crippen LogP contribution in [0.4, 0.5) is 10.5 Å². The van der Waals surface area contributed by atoms with Gasteiger partial charge in [-0.1, -0.05) is 17.7 Å². The summed E-state index contributed by atoms with van der Waals surface area (Å²) < 4.78 is 15.1. The van der Waals surface area contributed by atoms with E-state index in [2.05, 4.69) is 15.4 Å². The highest BCUT2D eigenvalue weighted by atomic mass is 35.5. The van der Waals surface area contributed by atoms with Crippen molar-refractivity contribution in [2.45, 2.75) is 6.42 Å². The zero-order valence-corrected chi connectivity index (χ0v) is 16.1. The van der Waals surface area contributed by atoms with Crippen molar-refractivity contribution in [2.75, 3.05) is 33.2 Å². The lowest BCUT2D eigenvalue weighted by atomic mass is 10.1. The number of nitrogens with one attached hydrogen (secondary N) is 2. The molecule has 0 aliphatic carbocycles. The number of hydrogen-bond acceptors (Lipinski definition) is 5. The van der Waals surface area contributed by atoms with Crippen LogP contribution in [0.5, 0.6) is 11.5 Å². The molecule has 2 N–H and O–H groups in total. The molecule has 0 saturated carbocycles. The Bertz CT molecular complexity index is 826. The maximum Gasteiger partial charge on any atom is 0.337 e. The number of anilines is 1. The highest BCUT2D eigenvalue weighted by molar-refractivity contribution is 6.33. The largest absolute Gasteiger partial charge is 0.493 e. The molecule has 0 aromatic heterocycles. The van der Waals surface area contributed by atoms with Gasteiger partial charge in [0.2, 0.25) is 0 Å². The van der Waals surface area contributed by atoms with Crippen molar-refractivity contribution in [3.63, 3.8) is 0 Å². The van der Waals surface area contributed by atoms with Gasteiger partial charge in [-0.3, -0.25) is 0 Å². The van der Waals surface area contributed by atoms with E-state index in [9.17, 15) is 9.59 Å². The maximum absolute atomic E-state index is 12.1. The van der Waals surface area contributed by atoms with Crippen LogP contribution in [0, 0.1) is 0 Å². The molecule has 0 aliphatic heterocycles. The predicted molar refractivity (Wildman–Crippen MR) is 103 cm³/mol. The summed E-state index contributed by atoms with van der Waals surface area (Å²) in [5.41, 5.74) is 1.60. The third-order valence-electron chi connectivity index (χ3n) is 3.78. The number of amides is 2. The molecule has 2 aromatic rings. The molecule has 0 atom stereocenters. The average Bonchev–Trinajstić information content (AvgIpc) is 2.68. The standard InChI is InChI=1S/C19H21ClN2O5/c1-25-16-7-4-12(10-17(16)26-2)8-9-21-19(24)22-15-11-13(18(23)27-3)5-6-14(15)20/h4-7,10-11H,8-9H2,1-3H3,(H2,21,22,24). The number of carbonyl (C=O) groups is 2. The minimum Gasteiger partial charge on any atom is -0.493 e. The summed E-state index contributed by atoms with van der Waals surface area (Å²) in [5.74, 6) is 0.765. The molecule has 0 radical (unpaired) electrons. The van der Waals surface area contributed by atoms with Gasteiger partial charge in [-0.25, -0.2) is 9.59 Å². The van der Waals surface area contributed by atoms with E-state index in [-0.39, 0.29) is 0 Å². The first-order valence-corrected chi connectivity index (χ1v) is 8.50. The molecule has 2 amide bonds. The van der Waals surface area contributed by atoms with Gasteiger partial charge in [-0.05, 0) is 42.3 Å². The molecule has 0 saturated heterocycles. The van der Waals surface area contributed by atoms with E-state index in [1.807, 2.05) is 18.2 Å². The zero-order valence-electron chi connectivity index (χ0n) is 15.3. The summed E-state index contributed by atoms with van der Waals surface area (Å²) in [6, 6.07) is 9.64. The van der Waals surface area contributed by atoms with Gasteiger partial charge in [-0.2, -0.15) is 0 Å². The van der Waals surface area contributed by atoms with Gasteiger partial charge in [0, 0.05) is 6.54 Å². The number of esters is 1. The van der Waals surface area contributed by atoms with Gasteiger partial charge >= 0.3 is 12.0 Å². The van der Waals surface area contributed by atoms with Crippen LogP contribution >= 0.6 is 11.6 Å². The Hall–Kier alpha value is -2.93. The van der Waals surface area contributed by atoms with Crippen LogP contribution in [0.25, 0.3) is 0 Å². The van der Waals surface area contributed by atoms with Crippen molar-refractivity contribution < 1.29 is 23.8 Å². The van der Waals surface area contributed by atoms with Crippen molar-refractivity contribution in [3.8, 4) is 11.5 Å². The van der Waals surface area contributed by atoms with Crippen molar-refractivity contribution >= 4 is 29.3 Å². The number of ether oxygens (including phenoxy) is 3. The Morgan fingerprint density at radius 2 is 1.74 bits per heavy atom. The van der Waals surface area contributed by atoms with Gasteiger partial charge in [0.25, 0.3) is 0 Å². The Morgan fingerprint density at radius 3 is 2.41 bits per heavy atom. The molecule has 27 heavy (non-hydrogen) atoms. The SMILES string of the molecule is COC(=O)c1ccc(Cl)c(NC(=O)NCCc2ccc(OC)c(OC)c2)c1. The molecule has 7 nitrogen and oxygen atoms in total. The number of halogens is 1. The number of carbonyl (C=O) groups excluding carboxylic acids is 2. The average molecular weight is 393 g/mol. The fourth-order valence-corrected chi connectivity index (χ4v) is 2.55. The molecule has 0 bridgehead atoms. The molecule has 0 aliphatic rings. The lowest BCUT2D eigenvalue weighted by Crippen LogP contribution is -2.30. The summed E-state index contributed by atoms with van der Waals surface area (Å²) >= 11 is 6.06.